The van der Waals surface area contributed by atoms with Crippen molar-refractivity contribution in [3.8, 4) is 0 Å². The first-order valence-corrected chi connectivity index (χ1v) is 9.16. The zero-order valence-corrected chi connectivity index (χ0v) is 16.6. The van der Waals surface area contributed by atoms with Gasteiger partial charge >= 0.3 is 0 Å². The number of aryl methyl sites for hydroxylation is 1. The van der Waals surface area contributed by atoms with Gasteiger partial charge in [0, 0.05) is 28.6 Å². The monoisotopic (exact) mass is 406 g/mol. The molecule has 152 valence electrons. The highest BCUT2D eigenvalue weighted by Crippen LogP contribution is 2.28. The van der Waals surface area contributed by atoms with Crippen LogP contribution in [0.2, 0.25) is 0 Å². The van der Waals surface area contributed by atoms with Crippen molar-refractivity contribution in [3.05, 3.63) is 100 Å². The number of aromatic nitrogens is 1. The number of nitrogen functional groups attached to an aromatic ring is 1. The van der Waals surface area contributed by atoms with Gasteiger partial charge in [0.1, 0.15) is 5.82 Å². The lowest BCUT2D eigenvalue weighted by Crippen LogP contribution is -2.10. The van der Waals surface area contributed by atoms with Gasteiger partial charge < -0.3 is 10.7 Å². The highest BCUT2D eigenvalue weighted by atomic mass is 19.1. The van der Waals surface area contributed by atoms with Crippen LogP contribution in [0.15, 0.2) is 55.3 Å². The first kappa shape index (κ1) is 20.9. The van der Waals surface area contributed by atoms with E-state index in [-0.39, 0.29) is 17.0 Å². The molecule has 0 aliphatic heterocycles. The van der Waals surface area contributed by atoms with Crippen molar-refractivity contribution in [3.63, 3.8) is 0 Å². The van der Waals surface area contributed by atoms with Crippen molar-refractivity contribution in [1.29, 1.82) is 0 Å². The number of carbonyl (C=O) groups is 2. The smallest absolute Gasteiger partial charge is 0.201 e. The highest BCUT2D eigenvalue weighted by Gasteiger charge is 2.24. The summed E-state index contributed by atoms with van der Waals surface area (Å²) < 4.78 is 28.6. The van der Waals surface area contributed by atoms with E-state index >= 15 is 0 Å². The summed E-state index contributed by atoms with van der Waals surface area (Å²) in [7, 11) is 0. The zero-order valence-electron chi connectivity index (χ0n) is 16.6. The minimum atomic E-state index is -1.09. The Morgan fingerprint density at radius 2 is 1.70 bits per heavy atom. The maximum absolute atomic E-state index is 14.4. The number of H-pyrrole nitrogens is 1. The molecule has 0 spiro atoms. The molecule has 3 aromatic rings. The van der Waals surface area contributed by atoms with E-state index in [2.05, 4.69) is 11.6 Å². The summed E-state index contributed by atoms with van der Waals surface area (Å²) in [6.07, 6.45) is 4.72. The maximum atomic E-state index is 14.4. The molecule has 0 amide bonds. The van der Waals surface area contributed by atoms with Crippen LogP contribution in [0.1, 0.15) is 50.0 Å². The van der Waals surface area contributed by atoms with Crippen LogP contribution in [0.25, 0.3) is 11.6 Å². The number of carbonyl (C=O) groups excluding carboxylic acids is 2. The third-order valence-electron chi connectivity index (χ3n) is 4.86. The van der Waals surface area contributed by atoms with Gasteiger partial charge in [0.15, 0.2) is 11.6 Å². The van der Waals surface area contributed by atoms with Gasteiger partial charge in [0.25, 0.3) is 0 Å². The Bertz CT molecular complexity index is 1190. The number of anilines is 1. The molecule has 30 heavy (non-hydrogen) atoms. The van der Waals surface area contributed by atoms with Gasteiger partial charge in [-0.1, -0.05) is 36.9 Å². The molecule has 0 unspecified atom stereocenters. The summed E-state index contributed by atoms with van der Waals surface area (Å²) in [5.41, 5.74) is 7.76. The second kappa shape index (κ2) is 8.29. The maximum Gasteiger partial charge on any atom is 0.201 e. The largest absolute Gasteiger partial charge is 0.396 e. The molecule has 0 aliphatic rings. The van der Waals surface area contributed by atoms with Crippen LogP contribution in [0.4, 0.5) is 14.5 Å². The SMILES string of the molecule is C=C/C(=C\c1c(C(=O)c2c(F)ccc(N)c2F)c[nH]c1C)c1ccc(C(C)=O)cc1. The van der Waals surface area contributed by atoms with Crippen molar-refractivity contribution in [2.24, 2.45) is 0 Å². The van der Waals surface area contributed by atoms with Gasteiger partial charge in [-0.05, 0) is 43.2 Å². The minimum absolute atomic E-state index is 0.0498. The van der Waals surface area contributed by atoms with E-state index in [1.54, 1.807) is 43.3 Å². The lowest BCUT2D eigenvalue weighted by molar-refractivity contribution is 0.101. The molecule has 0 aliphatic carbocycles. The van der Waals surface area contributed by atoms with Crippen LogP contribution < -0.4 is 5.73 Å². The van der Waals surface area contributed by atoms with E-state index in [0.717, 1.165) is 17.7 Å². The molecule has 0 bridgehead atoms. The fourth-order valence-electron chi connectivity index (χ4n) is 3.14. The topological polar surface area (TPSA) is 76.0 Å². The number of rotatable bonds is 6. The fourth-order valence-corrected chi connectivity index (χ4v) is 3.14. The molecular formula is C24H20F2N2O2. The third-order valence-corrected chi connectivity index (χ3v) is 4.86. The molecule has 2 aromatic carbocycles. The Balaban J connectivity index is 2.09. The molecule has 1 aromatic heterocycles. The first-order valence-electron chi connectivity index (χ1n) is 9.16. The molecule has 3 rings (SSSR count). The van der Waals surface area contributed by atoms with Crippen molar-refractivity contribution in [2.75, 3.05) is 5.73 Å². The number of hydrogen-bond donors (Lipinski definition) is 2. The molecular weight excluding hydrogens is 386 g/mol. The number of nitrogens with one attached hydrogen (secondary N) is 1. The number of ketones is 2. The average Bonchev–Trinajstić information content (AvgIpc) is 3.09. The van der Waals surface area contributed by atoms with E-state index in [4.69, 9.17) is 5.73 Å². The Hall–Kier alpha value is -3.80. The molecule has 0 radical (unpaired) electrons. The molecule has 1 heterocycles. The van der Waals surface area contributed by atoms with Gasteiger partial charge in [-0.2, -0.15) is 0 Å². The van der Waals surface area contributed by atoms with Gasteiger partial charge in [0.2, 0.25) is 5.78 Å². The fraction of sp³-hybridized carbons (Fsp3) is 0.0833. The summed E-state index contributed by atoms with van der Waals surface area (Å²) in [5, 5.41) is 0. The van der Waals surface area contributed by atoms with Gasteiger partial charge in [-0.15, -0.1) is 0 Å². The van der Waals surface area contributed by atoms with E-state index in [9.17, 15) is 18.4 Å². The van der Waals surface area contributed by atoms with Gasteiger partial charge in [-0.25, -0.2) is 8.78 Å². The van der Waals surface area contributed by atoms with E-state index < -0.39 is 23.0 Å². The average molecular weight is 406 g/mol. The summed E-state index contributed by atoms with van der Waals surface area (Å²) in [4.78, 5) is 27.4. The quantitative estimate of drug-likeness (QED) is 0.329. The standard InChI is InChI=1S/C24H20F2N2O2/c1-4-15(17-7-5-16(6-8-17)14(3)29)11-18-13(2)28-12-19(18)24(30)22-20(25)9-10-21(27)23(22)26/h4-12,28H,1,27H2,2-3H3/b15-11+. The molecule has 3 N–H and O–H groups in total. The van der Waals surface area contributed by atoms with Crippen molar-refractivity contribution in [2.45, 2.75) is 13.8 Å². The van der Waals surface area contributed by atoms with Crippen LogP contribution >= 0.6 is 0 Å². The second-order valence-electron chi connectivity index (χ2n) is 6.83. The lowest BCUT2D eigenvalue weighted by atomic mass is 9.96. The first-order chi connectivity index (χ1) is 14.2. The summed E-state index contributed by atoms with van der Waals surface area (Å²) in [6, 6.07) is 8.97. The molecule has 0 saturated heterocycles. The Kier molecular flexibility index (Phi) is 5.78. The number of halogens is 2. The second-order valence-corrected chi connectivity index (χ2v) is 6.83. The predicted octanol–water partition coefficient (Wildman–Crippen LogP) is 5.34. The molecule has 6 heteroatoms. The Morgan fingerprint density at radius 1 is 1.07 bits per heavy atom. The van der Waals surface area contributed by atoms with E-state index in [0.29, 0.717) is 22.4 Å². The molecule has 0 saturated carbocycles. The number of allylic oxidation sites excluding steroid dienone is 2. The number of Topliss-reactive ketones (excluding diaryl/α,β-unsaturated/α-hetero) is 1. The van der Waals surface area contributed by atoms with Gasteiger partial charge in [-0.3, -0.25) is 9.59 Å². The Labute approximate surface area is 172 Å². The number of aromatic amines is 1. The van der Waals surface area contributed by atoms with Crippen LogP contribution in [-0.4, -0.2) is 16.6 Å². The van der Waals surface area contributed by atoms with E-state index in [1.165, 1.54) is 13.1 Å². The van der Waals surface area contributed by atoms with Crippen LogP contribution in [0, 0.1) is 18.6 Å². The predicted molar refractivity (Wildman–Crippen MR) is 114 cm³/mol. The normalized spacial score (nSPS) is 11.4. The molecule has 0 fully saturated rings. The number of nitrogens with two attached hydrogens (primary N) is 1. The van der Waals surface area contributed by atoms with Crippen molar-refractivity contribution in [1.82, 2.24) is 4.98 Å². The lowest BCUT2D eigenvalue weighted by Gasteiger charge is -2.08. The highest BCUT2D eigenvalue weighted by molar-refractivity contribution is 6.12. The van der Waals surface area contributed by atoms with Gasteiger partial charge in [0.05, 0.1) is 11.3 Å². The summed E-state index contributed by atoms with van der Waals surface area (Å²) in [6.45, 7) is 7.04. The number of benzene rings is 2. The molecule has 0 atom stereocenters. The molecule has 4 nitrogen and oxygen atoms in total. The summed E-state index contributed by atoms with van der Waals surface area (Å²) >= 11 is 0. The summed E-state index contributed by atoms with van der Waals surface area (Å²) in [5.74, 6) is -2.93. The van der Waals surface area contributed by atoms with Crippen molar-refractivity contribution < 1.29 is 18.4 Å². The van der Waals surface area contributed by atoms with E-state index in [1.807, 2.05) is 0 Å². The minimum Gasteiger partial charge on any atom is -0.396 e. The van der Waals surface area contributed by atoms with Crippen LogP contribution in [0.3, 0.4) is 0 Å². The van der Waals surface area contributed by atoms with Crippen LogP contribution in [0.5, 0.6) is 0 Å². The third kappa shape index (κ3) is 3.85. The number of hydrogen-bond acceptors (Lipinski definition) is 3. The zero-order chi connectivity index (χ0) is 22.0. The Morgan fingerprint density at radius 3 is 2.30 bits per heavy atom. The van der Waals surface area contributed by atoms with Crippen molar-refractivity contribution >= 4 is 28.9 Å². The van der Waals surface area contributed by atoms with Crippen LogP contribution in [-0.2, 0) is 0 Å².